The van der Waals surface area contributed by atoms with Crippen LogP contribution in [0.1, 0.15) is 24.7 Å². The van der Waals surface area contributed by atoms with Crippen LogP contribution in [0.2, 0.25) is 0 Å². The molecule has 5 rings (SSSR count). The predicted octanol–water partition coefficient (Wildman–Crippen LogP) is 3.48. The molecule has 1 N–H and O–H groups in total. The fraction of sp³-hybridized carbons (Fsp3) is 0.389. The van der Waals surface area contributed by atoms with Crippen molar-refractivity contribution in [3.8, 4) is 0 Å². The minimum atomic E-state index is -0.255. The second-order valence-corrected chi connectivity index (χ2v) is 7.10. The molecule has 1 atom stereocenters. The molecule has 1 saturated carbocycles. The van der Waals surface area contributed by atoms with E-state index in [0.717, 1.165) is 41.8 Å². The number of rotatable bonds is 3. The zero-order valence-electron chi connectivity index (χ0n) is 14.0. The second kappa shape index (κ2) is 6.26. The van der Waals surface area contributed by atoms with E-state index in [-0.39, 0.29) is 12.0 Å². The van der Waals surface area contributed by atoms with Gasteiger partial charge in [-0.2, -0.15) is 6.20 Å². The zero-order chi connectivity index (χ0) is 17.7. The maximum Gasteiger partial charge on any atom is 0.139 e. The predicted molar refractivity (Wildman–Crippen MR) is 97.7 cm³/mol. The lowest BCUT2D eigenvalue weighted by Crippen LogP contribution is -2.46. The number of nitrogens with zero attached hydrogens (tertiary/aromatic N) is 4. The summed E-state index contributed by atoms with van der Waals surface area (Å²) in [5, 5.41) is 5.42. The first kappa shape index (κ1) is 16.1. The van der Waals surface area contributed by atoms with Crippen LogP contribution in [-0.2, 0) is 4.74 Å². The molecule has 26 heavy (non-hydrogen) atoms. The third-order valence-electron chi connectivity index (χ3n) is 4.82. The molecule has 1 saturated heterocycles. The summed E-state index contributed by atoms with van der Waals surface area (Å²) in [6.45, 7) is 2.12. The van der Waals surface area contributed by atoms with Crippen LogP contribution in [0.5, 0.6) is 0 Å². The third-order valence-corrected chi connectivity index (χ3v) is 5.10. The summed E-state index contributed by atoms with van der Waals surface area (Å²) in [4.78, 5) is 4.71. The van der Waals surface area contributed by atoms with Gasteiger partial charge in [0.05, 0.1) is 22.8 Å². The Bertz CT molecular complexity index is 914. The van der Waals surface area contributed by atoms with E-state index in [1.54, 1.807) is 23.3 Å². The van der Waals surface area contributed by atoms with Crippen LogP contribution >= 0.6 is 11.6 Å². The number of nitrogens with one attached hydrogen (secondary N) is 1. The van der Waals surface area contributed by atoms with Gasteiger partial charge < -0.3 is 25.1 Å². The molecule has 136 valence electrons. The Morgan fingerprint density at radius 2 is 2.23 bits per heavy atom. The number of halogens is 2. The molecule has 1 unspecified atom stereocenters. The fourth-order valence-corrected chi connectivity index (χ4v) is 3.70. The Balaban J connectivity index is 1.51. The maximum atomic E-state index is 13.7. The van der Waals surface area contributed by atoms with Gasteiger partial charge in [-0.1, -0.05) is 11.6 Å². The van der Waals surface area contributed by atoms with Crippen molar-refractivity contribution >= 4 is 28.2 Å². The van der Waals surface area contributed by atoms with Crippen LogP contribution in [-0.4, -0.2) is 40.5 Å². The molecule has 2 aliphatic heterocycles. The first-order chi connectivity index (χ1) is 12.7. The smallest absolute Gasteiger partial charge is 0.139 e. The van der Waals surface area contributed by atoms with Gasteiger partial charge in [0.1, 0.15) is 17.9 Å². The van der Waals surface area contributed by atoms with Crippen LogP contribution in [0.25, 0.3) is 22.0 Å². The zero-order valence-corrected chi connectivity index (χ0v) is 14.8. The van der Waals surface area contributed by atoms with Crippen LogP contribution in [0.15, 0.2) is 35.6 Å². The molecule has 0 bridgehead atoms. The highest BCUT2D eigenvalue weighted by molar-refractivity contribution is 6.30. The van der Waals surface area contributed by atoms with Gasteiger partial charge in [0, 0.05) is 19.1 Å². The number of benzene rings is 1. The van der Waals surface area contributed by atoms with Crippen LogP contribution in [0.4, 0.5) is 4.39 Å². The molecule has 3 aliphatic rings. The molecule has 1 aromatic heterocycles. The van der Waals surface area contributed by atoms with E-state index in [4.69, 9.17) is 21.3 Å². The van der Waals surface area contributed by atoms with E-state index < -0.39 is 0 Å². The summed E-state index contributed by atoms with van der Waals surface area (Å²) in [6.07, 6.45) is 5.53. The standard InChI is InChI=1S/C18H18ClFN5O/c19-16-7-11(9-22-25(16)17-10-21-5-6-26-17)18-23-14-4-1-12(20)8-15(14)24(18)13-2-3-13/h1,4,7-9,13,17,21H,2-3,5-6,10H2/q-1. The van der Waals surface area contributed by atoms with Gasteiger partial charge in [-0.15, -0.1) is 0 Å². The molecule has 0 amide bonds. The summed E-state index contributed by atoms with van der Waals surface area (Å²) >= 11 is 6.48. The van der Waals surface area contributed by atoms with E-state index in [2.05, 4.69) is 15.3 Å². The van der Waals surface area contributed by atoms with E-state index in [1.807, 2.05) is 6.08 Å². The Hall–Kier alpha value is -2.09. The lowest BCUT2D eigenvalue weighted by molar-refractivity contribution is -0.0419. The fourth-order valence-electron chi connectivity index (χ4n) is 3.43. The van der Waals surface area contributed by atoms with E-state index >= 15 is 0 Å². The van der Waals surface area contributed by atoms with Gasteiger partial charge in [0.2, 0.25) is 0 Å². The lowest BCUT2D eigenvalue weighted by Gasteiger charge is -2.46. The minimum Gasteiger partial charge on any atom is -0.598 e. The van der Waals surface area contributed by atoms with Gasteiger partial charge in [-0.3, -0.25) is 0 Å². The van der Waals surface area contributed by atoms with Crippen molar-refractivity contribution in [2.24, 2.45) is 0 Å². The maximum absolute atomic E-state index is 13.7. The molecule has 1 aliphatic carbocycles. The molecule has 1 aromatic carbocycles. The van der Waals surface area contributed by atoms with Gasteiger partial charge in [0.25, 0.3) is 0 Å². The summed E-state index contributed by atoms with van der Waals surface area (Å²) in [7, 11) is 0. The van der Waals surface area contributed by atoms with E-state index in [1.165, 1.54) is 6.07 Å². The lowest BCUT2D eigenvalue weighted by atomic mass is 10.2. The van der Waals surface area contributed by atoms with Gasteiger partial charge in [-0.25, -0.2) is 9.37 Å². The van der Waals surface area contributed by atoms with Gasteiger partial charge in [0.15, 0.2) is 0 Å². The van der Waals surface area contributed by atoms with Crippen molar-refractivity contribution in [3.63, 3.8) is 0 Å². The highest BCUT2D eigenvalue weighted by atomic mass is 35.5. The van der Waals surface area contributed by atoms with Crippen molar-refractivity contribution in [1.29, 1.82) is 0 Å². The molecule has 0 spiro atoms. The summed E-state index contributed by atoms with van der Waals surface area (Å²) in [5.41, 5.74) is 6.89. The Labute approximate surface area is 155 Å². The quantitative estimate of drug-likeness (QED) is 0.836. The second-order valence-electron chi connectivity index (χ2n) is 6.71. The molecule has 2 aromatic rings. The Kier molecular flexibility index (Phi) is 3.88. The number of allylic oxidation sites excluding steroid dienone is 2. The molecule has 2 fully saturated rings. The van der Waals surface area contributed by atoms with Crippen LogP contribution in [0.3, 0.4) is 0 Å². The average molecular weight is 375 g/mol. The average Bonchev–Trinajstić information content (AvgIpc) is 3.42. The number of aromatic nitrogens is 2. The normalized spacial score (nSPS) is 23.6. The van der Waals surface area contributed by atoms with Crippen LogP contribution in [0, 0.1) is 5.82 Å². The Morgan fingerprint density at radius 1 is 1.35 bits per heavy atom. The first-order valence-corrected chi connectivity index (χ1v) is 9.16. The summed E-state index contributed by atoms with van der Waals surface area (Å²) in [5.74, 6) is 0.521. The highest BCUT2D eigenvalue weighted by Gasteiger charge is 2.29. The van der Waals surface area contributed by atoms with Crippen LogP contribution < -0.4 is 5.32 Å². The number of ether oxygens (including phenoxy) is 1. The van der Waals surface area contributed by atoms with Crippen molar-refractivity contribution in [2.75, 3.05) is 19.7 Å². The third kappa shape index (κ3) is 2.76. The molecular formula is C18H18ClFN5O-. The highest BCUT2D eigenvalue weighted by Crippen LogP contribution is 2.41. The number of hydrogen-bond donors (Lipinski definition) is 1. The molecule has 8 heteroatoms. The molecule has 0 radical (unpaired) electrons. The first-order valence-electron chi connectivity index (χ1n) is 8.78. The number of morpholine rings is 1. The minimum absolute atomic E-state index is 0.221. The number of imidazole rings is 1. The number of hydrogen-bond acceptors (Lipinski definition) is 4. The summed E-state index contributed by atoms with van der Waals surface area (Å²) in [6, 6.07) is 5.05. The topological polar surface area (TPSA) is 56.4 Å². The monoisotopic (exact) mass is 374 g/mol. The van der Waals surface area contributed by atoms with Gasteiger partial charge in [-0.05, 0) is 42.7 Å². The largest absolute Gasteiger partial charge is 0.598 e. The molecule has 6 nitrogen and oxygen atoms in total. The SMILES string of the molecule is Fc1ccc2nc(C3=C[N-]N(C4CNCCO4)C(Cl)=C3)n(C3CC3)c2c1. The van der Waals surface area contributed by atoms with E-state index in [0.29, 0.717) is 24.3 Å². The summed E-state index contributed by atoms with van der Waals surface area (Å²) < 4.78 is 21.6. The molecular weight excluding hydrogens is 357 g/mol. The van der Waals surface area contributed by atoms with E-state index in [9.17, 15) is 4.39 Å². The molecule has 3 heterocycles. The van der Waals surface area contributed by atoms with Crippen molar-refractivity contribution < 1.29 is 9.13 Å². The van der Waals surface area contributed by atoms with Crippen molar-refractivity contribution in [2.45, 2.75) is 25.1 Å². The number of fused-ring (bicyclic) bond motifs is 1. The van der Waals surface area contributed by atoms with Crippen molar-refractivity contribution in [3.05, 3.63) is 52.7 Å². The van der Waals surface area contributed by atoms with Crippen molar-refractivity contribution in [1.82, 2.24) is 19.9 Å². The Morgan fingerprint density at radius 3 is 2.96 bits per heavy atom. The van der Waals surface area contributed by atoms with Gasteiger partial charge >= 0.3 is 0 Å².